The van der Waals surface area contributed by atoms with Crippen LogP contribution < -0.4 is 5.32 Å². The number of hydrogen-bond acceptors (Lipinski definition) is 2. The molecule has 1 aliphatic rings. The maximum Gasteiger partial charge on any atom is 0.417 e. The first-order valence-electron chi connectivity index (χ1n) is 5.69. The summed E-state index contributed by atoms with van der Waals surface area (Å²) in [5.74, 6) is 0. The van der Waals surface area contributed by atoms with Gasteiger partial charge in [-0.25, -0.2) is 0 Å². The Hall–Kier alpha value is -0.750. The lowest BCUT2D eigenvalue weighted by atomic mass is 10.1. The molecule has 0 bridgehead atoms. The Bertz CT molecular complexity index is 436. The van der Waals surface area contributed by atoms with Gasteiger partial charge < -0.3 is 10.4 Å². The van der Waals surface area contributed by atoms with Gasteiger partial charge in [0.1, 0.15) is 0 Å². The van der Waals surface area contributed by atoms with Gasteiger partial charge in [-0.15, -0.1) is 0 Å². The van der Waals surface area contributed by atoms with Gasteiger partial charge in [-0.2, -0.15) is 13.2 Å². The molecule has 1 fully saturated rings. The second-order valence-corrected chi connectivity index (χ2v) is 5.30. The van der Waals surface area contributed by atoms with E-state index in [2.05, 4.69) is 21.2 Å². The van der Waals surface area contributed by atoms with Crippen LogP contribution in [-0.2, 0) is 6.18 Å². The molecule has 0 saturated heterocycles. The fraction of sp³-hybridized carbons (Fsp3) is 0.500. The molecule has 0 aliphatic heterocycles. The minimum absolute atomic E-state index is 0.0209. The Balaban J connectivity index is 2.19. The summed E-state index contributed by atoms with van der Waals surface area (Å²) in [7, 11) is 0. The maximum absolute atomic E-state index is 12.7. The average Bonchev–Trinajstić information content (AvgIpc) is 2.66. The van der Waals surface area contributed by atoms with Crippen LogP contribution in [0.3, 0.4) is 0 Å². The standard InChI is InChI=1S/C12H13BrF3NO/c13-9-5-4-7(6-8(9)12(14,15)16)17-10-2-1-3-11(10)18/h4-6,10-11,17-18H,1-3H2/t10-,11-/m1/s1. The van der Waals surface area contributed by atoms with Crippen molar-refractivity contribution < 1.29 is 18.3 Å². The van der Waals surface area contributed by atoms with Crippen LogP contribution in [0.1, 0.15) is 24.8 Å². The van der Waals surface area contributed by atoms with E-state index in [0.717, 1.165) is 18.9 Å². The van der Waals surface area contributed by atoms with Gasteiger partial charge in [0, 0.05) is 10.2 Å². The zero-order chi connectivity index (χ0) is 13.3. The zero-order valence-electron chi connectivity index (χ0n) is 9.47. The van der Waals surface area contributed by atoms with E-state index >= 15 is 0 Å². The van der Waals surface area contributed by atoms with Gasteiger partial charge in [0.25, 0.3) is 0 Å². The van der Waals surface area contributed by atoms with Crippen LogP contribution in [-0.4, -0.2) is 17.3 Å². The van der Waals surface area contributed by atoms with Crippen LogP contribution in [0, 0.1) is 0 Å². The molecule has 0 unspecified atom stereocenters. The highest BCUT2D eigenvalue weighted by molar-refractivity contribution is 9.10. The largest absolute Gasteiger partial charge is 0.417 e. The third kappa shape index (κ3) is 2.98. The van der Waals surface area contributed by atoms with Crippen LogP contribution in [0.4, 0.5) is 18.9 Å². The monoisotopic (exact) mass is 323 g/mol. The van der Waals surface area contributed by atoms with E-state index in [1.165, 1.54) is 6.07 Å². The topological polar surface area (TPSA) is 32.3 Å². The lowest BCUT2D eigenvalue weighted by Crippen LogP contribution is -2.28. The highest BCUT2D eigenvalue weighted by Gasteiger charge is 2.33. The summed E-state index contributed by atoms with van der Waals surface area (Å²) in [6, 6.07) is 3.85. The van der Waals surface area contributed by atoms with E-state index in [0.29, 0.717) is 12.1 Å². The minimum Gasteiger partial charge on any atom is -0.391 e. The van der Waals surface area contributed by atoms with E-state index < -0.39 is 17.8 Å². The molecular weight excluding hydrogens is 311 g/mol. The number of aliphatic hydroxyl groups excluding tert-OH is 1. The molecule has 0 spiro atoms. The summed E-state index contributed by atoms with van der Waals surface area (Å²) in [6.07, 6.45) is -2.51. The average molecular weight is 324 g/mol. The molecule has 2 atom stereocenters. The number of alkyl halides is 3. The van der Waals surface area contributed by atoms with E-state index in [1.54, 1.807) is 6.07 Å². The maximum atomic E-state index is 12.7. The van der Waals surface area contributed by atoms with Crippen molar-refractivity contribution in [3.05, 3.63) is 28.2 Å². The Morgan fingerprint density at radius 1 is 1.28 bits per heavy atom. The summed E-state index contributed by atoms with van der Waals surface area (Å²) in [5.41, 5.74) is -0.323. The van der Waals surface area contributed by atoms with Gasteiger partial charge in [0.05, 0.1) is 17.7 Å². The van der Waals surface area contributed by atoms with E-state index in [1.807, 2.05) is 0 Å². The Morgan fingerprint density at radius 3 is 2.56 bits per heavy atom. The predicted molar refractivity (Wildman–Crippen MR) is 66.4 cm³/mol. The highest BCUT2D eigenvalue weighted by Crippen LogP contribution is 2.36. The van der Waals surface area contributed by atoms with Crippen LogP contribution in [0.15, 0.2) is 22.7 Å². The second kappa shape index (κ2) is 5.09. The SMILES string of the molecule is O[C@@H]1CCC[C@H]1Nc1ccc(Br)c(C(F)(F)F)c1. The van der Waals surface area contributed by atoms with Crippen molar-refractivity contribution in [1.29, 1.82) is 0 Å². The quantitative estimate of drug-likeness (QED) is 0.867. The Labute approximate surface area is 111 Å². The molecule has 2 nitrogen and oxygen atoms in total. The van der Waals surface area contributed by atoms with Gasteiger partial charge in [-0.05, 0) is 37.5 Å². The molecule has 1 aliphatic carbocycles. The first kappa shape index (κ1) is 13.7. The molecular formula is C12H13BrF3NO. The van der Waals surface area contributed by atoms with Crippen molar-refractivity contribution in [2.24, 2.45) is 0 Å². The third-order valence-corrected chi connectivity index (χ3v) is 3.79. The first-order chi connectivity index (χ1) is 8.38. The van der Waals surface area contributed by atoms with Crippen LogP contribution in [0.5, 0.6) is 0 Å². The van der Waals surface area contributed by atoms with Gasteiger partial charge >= 0.3 is 6.18 Å². The smallest absolute Gasteiger partial charge is 0.391 e. The van der Waals surface area contributed by atoms with Crippen molar-refractivity contribution in [3.63, 3.8) is 0 Å². The van der Waals surface area contributed by atoms with E-state index in [9.17, 15) is 18.3 Å². The van der Waals surface area contributed by atoms with E-state index in [4.69, 9.17) is 0 Å². The molecule has 1 saturated carbocycles. The van der Waals surface area contributed by atoms with Crippen molar-refractivity contribution >= 4 is 21.6 Å². The number of halogens is 4. The fourth-order valence-electron chi connectivity index (χ4n) is 2.16. The second-order valence-electron chi connectivity index (χ2n) is 4.44. The normalized spacial score (nSPS) is 24.3. The van der Waals surface area contributed by atoms with Crippen molar-refractivity contribution in [3.8, 4) is 0 Å². The first-order valence-corrected chi connectivity index (χ1v) is 6.48. The summed E-state index contributed by atoms with van der Waals surface area (Å²) in [4.78, 5) is 0. The lowest BCUT2D eigenvalue weighted by molar-refractivity contribution is -0.138. The summed E-state index contributed by atoms with van der Waals surface area (Å²) in [6.45, 7) is 0. The molecule has 6 heteroatoms. The molecule has 2 N–H and O–H groups in total. The van der Waals surface area contributed by atoms with Crippen molar-refractivity contribution in [2.75, 3.05) is 5.32 Å². The van der Waals surface area contributed by atoms with Gasteiger partial charge in [0.2, 0.25) is 0 Å². The molecule has 1 aromatic carbocycles. The summed E-state index contributed by atoms with van der Waals surface area (Å²) in [5, 5.41) is 12.6. The number of hydrogen-bond donors (Lipinski definition) is 2. The highest BCUT2D eigenvalue weighted by atomic mass is 79.9. The van der Waals surface area contributed by atoms with Gasteiger partial charge in [-0.3, -0.25) is 0 Å². The van der Waals surface area contributed by atoms with Gasteiger partial charge in [-0.1, -0.05) is 15.9 Å². The molecule has 0 heterocycles. The summed E-state index contributed by atoms with van der Waals surface area (Å²) < 4.78 is 38.2. The van der Waals surface area contributed by atoms with Crippen LogP contribution in [0.2, 0.25) is 0 Å². The number of nitrogens with one attached hydrogen (secondary N) is 1. The molecule has 0 aromatic heterocycles. The number of rotatable bonds is 2. The minimum atomic E-state index is -4.38. The molecule has 0 amide bonds. The molecule has 100 valence electrons. The fourth-order valence-corrected chi connectivity index (χ4v) is 2.63. The summed E-state index contributed by atoms with van der Waals surface area (Å²) >= 11 is 2.89. The predicted octanol–water partition coefficient (Wildman–Crippen LogP) is 3.79. The molecule has 2 rings (SSSR count). The molecule has 0 radical (unpaired) electrons. The molecule has 18 heavy (non-hydrogen) atoms. The van der Waals surface area contributed by atoms with E-state index in [-0.39, 0.29) is 10.5 Å². The Morgan fingerprint density at radius 2 is 2.00 bits per heavy atom. The van der Waals surface area contributed by atoms with Gasteiger partial charge in [0.15, 0.2) is 0 Å². The molecule has 1 aromatic rings. The lowest BCUT2D eigenvalue weighted by Gasteiger charge is -2.19. The van der Waals surface area contributed by atoms with Crippen molar-refractivity contribution in [2.45, 2.75) is 37.6 Å². The van der Waals surface area contributed by atoms with Crippen LogP contribution in [0.25, 0.3) is 0 Å². The number of anilines is 1. The zero-order valence-corrected chi connectivity index (χ0v) is 11.1. The van der Waals surface area contributed by atoms with Crippen molar-refractivity contribution in [1.82, 2.24) is 0 Å². The number of benzene rings is 1. The third-order valence-electron chi connectivity index (χ3n) is 3.10. The number of aliphatic hydroxyl groups is 1. The Kier molecular flexibility index (Phi) is 3.87. The van der Waals surface area contributed by atoms with Crippen LogP contribution >= 0.6 is 15.9 Å².